The predicted molar refractivity (Wildman–Crippen MR) is 167 cm³/mol. The Hall–Kier alpha value is -3.47. The number of carbonyl (C=O) groups is 2. The van der Waals surface area contributed by atoms with Crippen molar-refractivity contribution in [3.63, 3.8) is 0 Å². The molecule has 0 aliphatic carbocycles. The molecule has 0 saturated carbocycles. The van der Waals surface area contributed by atoms with E-state index < -0.39 is 28.5 Å². The van der Waals surface area contributed by atoms with Crippen LogP contribution in [0.3, 0.4) is 0 Å². The molecular formula is C31H35Cl2N3O6S. The number of amides is 2. The highest BCUT2D eigenvalue weighted by Crippen LogP contribution is 2.36. The molecular weight excluding hydrogens is 613 g/mol. The van der Waals surface area contributed by atoms with Gasteiger partial charge in [-0.1, -0.05) is 61.3 Å². The first-order valence-corrected chi connectivity index (χ1v) is 16.3. The summed E-state index contributed by atoms with van der Waals surface area (Å²) in [5.74, 6) is -0.133. The second-order valence-corrected chi connectivity index (χ2v) is 12.8. The summed E-state index contributed by atoms with van der Waals surface area (Å²) in [7, 11) is -4.24. The Morgan fingerprint density at radius 3 is 2.19 bits per heavy atom. The van der Waals surface area contributed by atoms with E-state index in [1.807, 2.05) is 13.8 Å². The third kappa shape index (κ3) is 7.55. The standard InChI is InChI=1S/C31H35Cl2N3O6S/c1-4-21(3)34-31(38)27(5-2)35(19-24-25(32)12-9-13-26(24)33)30(37)20-36(43(39,40)23-10-7-6-8-11-23)22-14-15-28-29(18-22)42-17-16-41-28/h6-15,18,21,27H,4-5,16-17,19-20H2,1-3H3,(H,34,38)/t21-,27-/m0/s1. The minimum atomic E-state index is -4.24. The second kappa shape index (κ2) is 14.3. The quantitative estimate of drug-likeness (QED) is 0.271. The highest BCUT2D eigenvalue weighted by Gasteiger charge is 2.35. The maximum Gasteiger partial charge on any atom is 0.264 e. The van der Waals surface area contributed by atoms with Crippen molar-refractivity contribution >= 4 is 50.7 Å². The third-order valence-electron chi connectivity index (χ3n) is 7.20. The smallest absolute Gasteiger partial charge is 0.264 e. The molecule has 2 atom stereocenters. The van der Waals surface area contributed by atoms with Crippen LogP contribution in [0.15, 0.2) is 71.6 Å². The molecule has 12 heteroatoms. The fourth-order valence-electron chi connectivity index (χ4n) is 4.65. The van der Waals surface area contributed by atoms with Crippen LogP contribution in [0.2, 0.25) is 10.0 Å². The van der Waals surface area contributed by atoms with Crippen LogP contribution in [0, 0.1) is 0 Å². The van der Waals surface area contributed by atoms with Gasteiger partial charge in [-0.25, -0.2) is 8.42 Å². The molecule has 1 aliphatic heterocycles. The molecule has 3 aromatic carbocycles. The molecule has 1 heterocycles. The molecule has 0 unspecified atom stereocenters. The van der Waals surface area contributed by atoms with E-state index in [0.717, 1.165) is 4.31 Å². The number of hydrogen-bond donors (Lipinski definition) is 1. The molecule has 0 radical (unpaired) electrons. The lowest BCUT2D eigenvalue weighted by Gasteiger charge is -2.34. The van der Waals surface area contributed by atoms with Gasteiger partial charge in [0, 0.05) is 34.3 Å². The lowest BCUT2D eigenvalue weighted by Crippen LogP contribution is -2.53. The molecule has 0 saturated heterocycles. The van der Waals surface area contributed by atoms with E-state index in [9.17, 15) is 18.0 Å². The van der Waals surface area contributed by atoms with Crippen molar-refractivity contribution in [2.45, 2.75) is 57.1 Å². The summed E-state index contributed by atoms with van der Waals surface area (Å²) in [4.78, 5) is 29.1. The zero-order chi connectivity index (χ0) is 31.1. The Balaban J connectivity index is 1.78. The zero-order valence-electron chi connectivity index (χ0n) is 24.3. The van der Waals surface area contributed by atoms with Crippen LogP contribution in [0.5, 0.6) is 11.5 Å². The average molecular weight is 649 g/mol. The fraction of sp³-hybridized carbons (Fsp3) is 0.355. The van der Waals surface area contributed by atoms with E-state index in [1.165, 1.54) is 23.1 Å². The van der Waals surface area contributed by atoms with E-state index in [2.05, 4.69) is 5.32 Å². The molecule has 0 bridgehead atoms. The Morgan fingerprint density at radius 1 is 0.907 bits per heavy atom. The maximum atomic E-state index is 14.3. The van der Waals surface area contributed by atoms with Crippen molar-refractivity contribution in [2.75, 3.05) is 24.1 Å². The highest BCUT2D eigenvalue weighted by molar-refractivity contribution is 7.92. The van der Waals surface area contributed by atoms with Gasteiger partial charge in [0.15, 0.2) is 11.5 Å². The molecule has 9 nitrogen and oxygen atoms in total. The number of carbonyl (C=O) groups excluding carboxylic acids is 2. The van der Waals surface area contributed by atoms with Gasteiger partial charge in [0.25, 0.3) is 10.0 Å². The number of halogens is 2. The Morgan fingerprint density at radius 2 is 1.56 bits per heavy atom. The van der Waals surface area contributed by atoms with Gasteiger partial charge < -0.3 is 19.7 Å². The largest absolute Gasteiger partial charge is 0.486 e. The second-order valence-electron chi connectivity index (χ2n) is 10.1. The van der Waals surface area contributed by atoms with Crippen LogP contribution in [0.4, 0.5) is 5.69 Å². The number of fused-ring (bicyclic) bond motifs is 1. The van der Waals surface area contributed by atoms with Gasteiger partial charge in [0.2, 0.25) is 11.8 Å². The van der Waals surface area contributed by atoms with Crippen molar-refractivity contribution in [3.8, 4) is 11.5 Å². The summed E-state index contributed by atoms with van der Waals surface area (Å²) in [6, 6.07) is 16.5. The first-order valence-electron chi connectivity index (χ1n) is 14.1. The van der Waals surface area contributed by atoms with Crippen LogP contribution < -0.4 is 19.1 Å². The number of rotatable bonds is 12. The van der Waals surface area contributed by atoms with Crippen molar-refractivity contribution in [1.82, 2.24) is 10.2 Å². The van der Waals surface area contributed by atoms with Crippen LogP contribution in [-0.2, 0) is 26.2 Å². The van der Waals surface area contributed by atoms with Crippen LogP contribution in [0.1, 0.15) is 39.2 Å². The van der Waals surface area contributed by atoms with E-state index in [1.54, 1.807) is 55.5 Å². The Labute approximate surface area is 262 Å². The zero-order valence-corrected chi connectivity index (χ0v) is 26.6. The van der Waals surface area contributed by atoms with Gasteiger partial charge in [-0.05, 0) is 56.2 Å². The number of nitrogens with zero attached hydrogens (tertiary/aromatic N) is 2. The minimum Gasteiger partial charge on any atom is -0.486 e. The van der Waals surface area contributed by atoms with Crippen molar-refractivity contribution < 1.29 is 27.5 Å². The number of sulfonamides is 1. The highest BCUT2D eigenvalue weighted by atomic mass is 35.5. The SMILES string of the molecule is CC[C@H](C)NC(=O)[C@H](CC)N(Cc1c(Cl)cccc1Cl)C(=O)CN(c1ccc2c(c1)OCCO2)S(=O)(=O)c1ccccc1. The molecule has 0 fully saturated rings. The fourth-order valence-corrected chi connectivity index (χ4v) is 6.59. The number of nitrogens with one attached hydrogen (secondary N) is 1. The maximum absolute atomic E-state index is 14.3. The number of hydrogen-bond acceptors (Lipinski definition) is 6. The van der Waals surface area contributed by atoms with Gasteiger partial charge >= 0.3 is 0 Å². The third-order valence-corrected chi connectivity index (χ3v) is 9.70. The van der Waals surface area contributed by atoms with E-state index in [0.29, 0.717) is 46.7 Å². The summed E-state index contributed by atoms with van der Waals surface area (Å²) >= 11 is 13.0. The molecule has 43 heavy (non-hydrogen) atoms. The molecule has 3 aromatic rings. The van der Waals surface area contributed by atoms with E-state index >= 15 is 0 Å². The summed E-state index contributed by atoms with van der Waals surface area (Å²) in [6.45, 7) is 5.56. The van der Waals surface area contributed by atoms with E-state index in [-0.39, 0.29) is 35.5 Å². The summed E-state index contributed by atoms with van der Waals surface area (Å²) in [5.41, 5.74) is 0.653. The van der Waals surface area contributed by atoms with Crippen LogP contribution >= 0.6 is 23.2 Å². The first kappa shape index (κ1) is 32.4. The van der Waals surface area contributed by atoms with Gasteiger partial charge in [-0.3, -0.25) is 13.9 Å². The Kier molecular flexibility index (Phi) is 10.8. The van der Waals surface area contributed by atoms with Gasteiger partial charge in [0.05, 0.1) is 10.6 Å². The van der Waals surface area contributed by atoms with Crippen molar-refractivity contribution in [2.24, 2.45) is 0 Å². The molecule has 2 amide bonds. The number of anilines is 1. The van der Waals surface area contributed by atoms with Crippen LogP contribution in [0.25, 0.3) is 0 Å². The molecule has 230 valence electrons. The van der Waals surface area contributed by atoms with Crippen LogP contribution in [-0.4, -0.2) is 57.0 Å². The topological polar surface area (TPSA) is 105 Å². The average Bonchev–Trinajstić information content (AvgIpc) is 3.01. The lowest BCUT2D eigenvalue weighted by molar-refractivity contribution is -0.140. The van der Waals surface area contributed by atoms with E-state index in [4.69, 9.17) is 32.7 Å². The Bertz CT molecular complexity index is 1530. The molecule has 4 rings (SSSR count). The lowest BCUT2D eigenvalue weighted by atomic mass is 10.1. The summed E-state index contributed by atoms with van der Waals surface area (Å²) in [6.07, 6.45) is 0.964. The van der Waals surface area contributed by atoms with Gasteiger partial charge in [-0.15, -0.1) is 0 Å². The molecule has 1 aliphatic rings. The number of ether oxygens (including phenoxy) is 2. The monoisotopic (exact) mass is 647 g/mol. The molecule has 0 spiro atoms. The predicted octanol–water partition coefficient (Wildman–Crippen LogP) is 5.68. The summed E-state index contributed by atoms with van der Waals surface area (Å²) < 4.78 is 40.4. The van der Waals surface area contributed by atoms with Crippen molar-refractivity contribution in [3.05, 3.63) is 82.3 Å². The number of benzene rings is 3. The normalized spacial score (nSPS) is 14.0. The van der Waals surface area contributed by atoms with Crippen molar-refractivity contribution in [1.29, 1.82) is 0 Å². The first-order chi connectivity index (χ1) is 20.6. The van der Waals surface area contributed by atoms with Gasteiger partial charge in [-0.2, -0.15) is 0 Å². The molecule has 0 aromatic heterocycles. The minimum absolute atomic E-state index is 0.0000532. The summed E-state index contributed by atoms with van der Waals surface area (Å²) in [5, 5.41) is 3.59. The molecule has 1 N–H and O–H groups in total. The van der Waals surface area contributed by atoms with Gasteiger partial charge in [0.1, 0.15) is 25.8 Å².